The van der Waals surface area contributed by atoms with E-state index in [0.29, 0.717) is 13.2 Å². The van der Waals surface area contributed by atoms with Gasteiger partial charge < -0.3 is 14.6 Å². The van der Waals surface area contributed by atoms with E-state index >= 15 is 0 Å². The molecule has 1 fully saturated rings. The summed E-state index contributed by atoms with van der Waals surface area (Å²) in [5.41, 5.74) is 2.46. The first-order valence-corrected chi connectivity index (χ1v) is 7.34. The van der Waals surface area contributed by atoms with Crippen LogP contribution in [0.1, 0.15) is 31.2 Å². The lowest BCUT2D eigenvalue weighted by molar-refractivity contribution is -0.139. The van der Waals surface area contributed by atoms with Crippen molar-refractivity contribution >= 4 is 16.9 Å². The number of carbonyl (C=O) groups excluding carboxylic acids is 1. The zero-order valence-electron chi connectivity index (χ0n) is 12.8. The van der Waals surface area contributed by atoms with Gasteiger partial charge in [0.2, 0.25) is 0 Å². The van der Waals surface area contributed by atoms with Crippen LogP contribution in [0.2, 0.25) is 0 Å². The van der Waals surface area contributed by atoms with Crippen LogP contribution in [0.3, 0.4) is 0 Å². The number of nitrogens with one attached hydrogen (secondary N) is 1. The number of carbonyl (C=O) groups is 1. The SMILES string of the molecule is Cc1nc2cc(CNC(=O)[C@]3(C)CCCO3)ccc2n1C. The monoisotopic (exact) mass is 287 g/mol. The topological polar surface area (TPSA) is 56.1 Å². The van der Waals surface area contributed by atoms with Crippen LogP contribution < -0.4 is 5.32 Å². The molecule has 1 N–H and O–H groups in total. The van der Waals surface area contributed by atoms with E-state index in [9.17, 15) is 4.79 Å². The highest BCUT2D eigenvalue weighted by Crippen LogP contribution is 2.25. The smallest absolute Gasteiger partial charge is 0.252 e. The van der Waals surface area contributed by atoms with Crippen LogP contribution in [-0.4, -0.2) is 27.7 Å². The van der Waals surface area contributed by atoms with Crippen molar-refractivity contribution < 1.29 is 9.53 Å². The molecule has 3 rings (SSSR count). The van der Waals surface area contributed by atoms with Crippen LogP contribution >= 0.6 is 0 Å². The molecule has 5 nitrogen and oxygen atoms in total. The molecule has 1 aromatic carbocycles. The molecular formula is C16H21N3O2. The first kappa shape index (κ1) is 14.1. The average molecular weight is 287 g/mol. The van der Waals surface area contributed by atoms with E-state index in [1.165, 1.54) is 0 Å². The third-order valence-corrected chi connectivity index (χ3v) is 4.32. The summed E-state index contributed by atoms with van der Waals surface area (Å²) in [6, 6.07) is 6.10. The van der Waals surface area contributed by atoms with Crippen molar-refractivity contribution in [3.8, 4) is 0 Å². The fraction of sp³-hybridized carbons (Fsp3) is 0.500. The van der Waals surface area contributed by atoms with Gasteiger partial charge >= 0.3 is 0 Å². The summed E-state index contributed by atoms with van der Waals surface area (Å²) in [7, 11) is 2.00. The van der Waals surface area contributed by atoms with Gasteiger partial charge in [0, 0.05) is 20.2 Å². The molecule has 1 amide bonds. The summed E-state index contributed by atoms with van der Waals surface area (Å²) in [4.78, 5) is 16.7. The van der Waals surface area contributed by atoms with Crippen molar-refractivity contribution in [1.29, 1.82) is 0 Å². The molecule has 0 saturated carbocycles. The minimum absolute atomic E-state index is 0.0303. The molecule has 2 aromatic rings. The maximum absolute atomic E-state index is 12.2. The molecule has 0 radical (unpaired) electrons. The second kappa shape index (κ2) is 5.15. The Morgan fingerprint density at radius 3 is 3.05 bits per heavy atom. The number of ether oxygens (including phenoxy) is 1. The van der Waals surface area contributed by atoms with E-state index in [4.69, 9.17) is 4.74 Å². The van der Waals surface area contributed by atoms with Crippen molar-refractivity contribution in [2.75, 3.05) is 6.61 Å². The molecule has 1 aliphatic rings. The zero-order valence-corrected chi connectivity index (χ0v) is 12.8. The van der Waals surface area contributed by atoms with Gasteiger partial charge in [-0.2, -0.15) is 0 Å². The highest BCUT2D eigenvalue weighted by Gasteiger charge is 2.37. The third kappa shape index (κ3) is 2.53. The molecule has 1 aliphatic heterocycles. The molecule has 1 saturated heterocycles. The fourth-order valence-electron chi connectivity index (χ4n) is 2.80. The number of nitrogens with zero attached hydrogens (tertiary/aromatic N) is 2. The molecular weight excluding hydrogens is 266 g/mol. The van der Waals surface area contributed by atoms with Crippen molar-refractivity contribution in [3.05, 3.63) is 29.6 Å². The lowest BCUT2D eigenvalue weighted by Crippen LogP contribution is -2.43. The summed E-state index contributed by atoms with van der Waals surface area (Å²) in [6.07, 6.45) is 1.74. The second-order valence-corrected chi connectivity index (χ2v) is 5.91. The number of rotatable bonds is 3. The summed E-state index contributed by atoms with van der Waals surface area (Å²) in [6.45, 7) is 5.02. The predicted molar refractivity (Wildman–Crippen MR) is 80.9 cm³/mol. The zero-order chi connectivity index (χ0) is 15.0. The van der Waals surface area contributed by atoms with Crippen LogP contribution in [0.15, 0.2) is 18.2 Å². The highest BCUT2D eigenvalue weighted by atomic mass is 16.5. The molecule has 1 atom stereocenters. The summed E-state index contributed by atoms with van der Waals surface area (Å²) >= 11 is 0. The fourth-order valence-corrected chi connectivity index (χ4v) is 2.80. The van der Waals surface area contributed by atoms with Gasteiger partial charge in [-0.25, -0.2) is 4.98 Å². The van der Waals surface area contributed by atoms with E-state index in [-0.39, 0.29) is 5.91 Å². The molecule has 0 unspecified atom stereocenters. The van der Waals surface area contributed by atoms with Crippen molar-refractivity contribution in [1.82, 2.24) is 14.9 Å². The van der Waals surface area contributed by atoms with Gasteiger partial charge in [0.1, 0.15) is 11.4 Å². The molecule has 5 heteroatoms. The van der Waals surface area contributed by atoms with Gasteiger partial charge in [0.05, 0.1) is 11.0 Å². The van der Waals surface area contributed by atoms with Gasteiger partial charge in [-0.15, -0.1) is 0 Å². The molecule has 112 valence electrons. The second-order valence-electron chi connectivity index (χ2n) is 5.91. The molecule has 1 aromatic heterocycles. The minimum Gasteiger partial charge on any atom is -0.365 e. The quantitative estimate of drug-likeness (QED) is 0.940. The Morgan fingerprint density at radius 2 is 2.33 bits per heavy atom. The molecule has 21 heavy (non-hydrogen) atoms. The van der Waals surface area contributed by atoms with Crippen molar-refractivity contribution in [2.24, 2.45) is 7.05 Å². The van der Waals surface area contributed by atoms with Crippen LogP contribution in [0.4, 0.5) is 0 Å². The van der Waals surface area contributed by atoms with Gasteiger partial charge in [0.25, 0.3) is 5.91 Å². The number of aryl methyl sites for hydroxylation is 2. The number of amides is 1. The lowest BCUT2D eigenvalue weighted by Gasteiger charge is -2.21. The normalized spacial score (nSPS) is 21.9. The summed E-state index contributed by atoms with van der Waals surface area (Å²) in [5, 5.41) is 2.97. The van der Waals surface area contributed by atoms with Crippen LogP contribution in [0.5, 0.6) is 0 Å². The lowest BCUT2D eigenvalue weighted by atomic mass is 10.0. The number of hydrogen-bond acceptors (Lipinski definition) is 3. The number of fused-ring (bicyclic) bond motifs is 1. The summed E-state index contributed by atoms with van der Waals surface area (Å²) < 4.78 is 7.61. The van der Waals surface area contributed by atoms with Crippen molar-refractivity contribution in [2.45, 2.75) is 38.8 Å². The maximum Gasteiger partial charge on any atom is 0.252 e. The van der Waals surface area contributed by atoms with Gasteiger partial charge in [-0.05, 0) is 44.4 Å². The summed E-state index contributed by atoms with van der Waals surface area (Å²) in [5.74, 6) is 0.954. The molecule has 2 heterocycles. The van der Waals surface area contributed by atoms with E-state index in [1.54, 1.807) is 0 Å². The van der Waals surface area contributed by atoms with Gasteiger partial charge in [0.15, 0.2) is 0 Å². The van der Waals surface area contributed by atoms with E-state index in [0.717, 1.165) is 35.3 Å². The van der Waals surface area contributed by atoms with Gasteiger partial charge in [-0.1, -0.05) is 6.07 Å². The van der Waals surface area contributed by atoms with Gasteiger partial charge in [-0.3, -0.25) is 4.79 Å². The Labute approximate surface area is 124 Å². The minimum atomic E-state index is -0.661. The number of hydrogen-bond donors (Lipinski definition) is 1. The predicted octanol–water partition coefficient (Wildman–Crippen LogP) is 2.07. The third-order valence-electron chi connectivity index (χ3n) is 4.32. The average Bonchev–Trinajstić information content (AvgIpc) is 3.02. The largest absolute Gasteiger partial charge is 0.365 e. The Hall–Kier alpha value is -1.88. The van der Waals surface area contributed by atoms with Crippen LogP contribution in [-0.2, 0) is 23.1 Å². The van der Waals surface area contributed by atoms with E-state index in [2.05, 4.69) is 14.9 Å². The Kier molecular flexibility index (Phi) is 3.45. The molecule has 0 bridgehead atoms. The van der Waals surface area contributed by atoms with Crippen molar-refractivity contribution in [3.63, 3.8) is 0 Å². The Morgan fingerprint density at radius 1 is 1.52 bits per heavy atom. The number of aromatic nitrogens is 2. The number of imidazole rings is 1. The highest BCUT2D eigenvalue weighted by molar-refractivity contribution is 5.85. The van der Waals surface area contributed by atoms with E-state index in [1.807, 2.05) is 39.1 Å². The first-order valence-electron chi connectivity index (χ1n) is 7.34. The first-order chi connectivity index (χ1) is 9.99. The Balaban J connectivity index is 1.72. The maximum atomic E-state index is 12.2. The van der Waals surface area contributed by atoms with E-state index < -0.39 is 5.60 Å². The van der Waals surface area contributed by atoms with Crippen LogP contribution in [0.25, 0.3) is 11.0 Å². The van der Waals surface area contributed by atoms with Crippen LogP contribution in [0, 0.1) is 6.92 Å². The number of benzene rings is 1. The standard InChI is InChI=1S/C16H21N3O2/c1-11-18-13-9-12(5-6-14(13)19(11)3)10-17-15(20)16(2)7-4-8-21-16/h5-6,9H,4,7-8,10H2,1-3H3,(H,17,20)/t16-/m0/s1. The Bertz CT molecular complexity index is 684. The molecule has 0 aliphatic carbocycles. The molecule has 0 spiro atoms.